The summed E-state index contributed by atoms with van der Waals surface area (Å²) in [5, 5.41) is 0. The molecule has 2 fully saturated rings. The van der Waals surface area contributed by atoms with Gasteiger partial charge in [0.15, 0.2) is 5.78 Å². The predicted octanol–water partition coefficient (Wildman–Crippen LogP) is 4.55. The Balaban J connectivity index is 1.50. The number of carbonyl (C=O) groups excluding carboxylic acids is 1. The zero-order chi connectivity index (χ0) is 26.4. The van der Waals surface area contributed by atoms with Crippen LogP contribution in [-0.4, -0.2) is 22.6 Å². The van der Waals surface area contributed by atoms with Crippen molar-refractivity contribution in [3.63, 3.8) is 0 Å². The highest BCUT2D eigenvalue weighted by molar-refractivity contribution is 7.93. The molecule has 2 aliphatic heterocycles. The Morgan fingerprint density at radius 1 is 0.784 bits per heavy atom. The van der Waals surface area contributed by atoms with Crippen LogP contribution in [0.5, 0.6) is 0 Å². The number of carbonyl (C=O) groups is 1. The van der Waals surface area contributed by atoms with Gasteiger partial charge in [0.2, 0.25) is 0 Å². The SMILES string of the molecule is Cc1ccc(S(=O)(=O)Nc2ccc3c(c2NS(=O)(=O)c2ccc(C)cc2)[C@@H]2O[C@@]3(C)C3(CC3)C2=O)cc1. The van der Waals surface area contributed by atoms with E-state index < -0.39 is 37.2 Å². The van der Waals surface area contributed by atoms with Crippen molar-refractivity contribution >= 4 is 37.2 Å². The van der Waals surface area contributed by atoms with Crippen LogP contribution in [0.1, 0.15) is 48.1 Å². The lowest BCUT2D eigenvalue weighted by Crippen LogP contribution is -2.35. The summed E-state index contributed by atoms with van der Waals surface area (Å²) in [6.45, 7) is 5.56. The van der Waals surface area contributed by atoms with Crippen molar-refractivity contribution in [2.75, 3.05) is 9.44 Å². The third-order valence-corrected chi connectivity index (χ3v) is 10.6. The van der Waals surface area contributed by atoms with Crippen LogP contribution in [0, 0.1) is 19.3 Å². The number of fused-ring (bicyclic) bond motifs is 6. The first kappa shape index (κ1) is 24.1. The lowest BCUT2D eigenvalue weighted by Gasteiger charge is -2.31. The lowest BCUT2D eigenvalue weighted by molar-refractivity contribution is -0.125. The second-order valence-electron chi connectivity index (χ2n) is 10.3. The Hall–Kier alpha value is -3.21. The average molecular weight is 539 g/mol. The van der Waals surface area contributed by atoms with E-state index >= 15 is 0 Å². The van der Waals surface area contributed by atoms with Gasteiger partial charge in [-0.2, -0.15) is 0 Å². The fourth-order valence-electron chi connectivity index (χ4n) is 5.58. The van der Waals surface area contributed by atoms with E-state index in [0.29, 0.717) is 24.0 Å². The van der Waals surface area contributed by atoms with Crippen LogP contribution in [0.4, 0.5) is 11.4 Å². The van der Waals surface area contributed by atoms with E-state index in [2.05, 4.69) is 9.44 Å². The topological polar surface area (TPSA) is 119 Å². The highest BCUT2D eigenvalue weighted by atomic mass is 32.2. The van der Waals surface area contributed by atoms with Gasteiger partial charge in [-0.05, 0) is 69.5 Å². The van der Waals surface area contributed by atoms with E-state index in [-0.39, 0.29) is 26.9 Å². The first-order chi connectivity index (χ1) is 17.4. The molecule has 2 atom stereocenters. The average Bonchev–Trinajstić information content (AvgIpc) is 3.55. The molecule has 1 saturated carbocycles. The predicted molar refractivity (Wildman–Crippen MR) is 138 cm³/mol. The molecule has 0 amide bonds. The molecule has 3 aliphatic rings. The maximum absolute atomic E-state index is 13.4. The minimum atomic E-state index is -4.12. The molecular formula is C27H26N2O6S2. The maximum Gasteiger partial charge on any atom is 0.261 e. The van der Waals surface area contributed by atoms with Gasteiger partial charge >= 0.3 is 0 Å². The van der Waals surface area contributed by atoms with E-state index in [1.165, 1.54) is 30.3 Å². The largest absolute Gasteiger partial charge is 0.354 e. The molecular weight excluding hydrogens is 512 g/mol. The summed E-state index contributed by atoms with van der Waals surface area (Å²) in [5.41, 5.74) is 1.41. The molecule has 3 aromatic rings. The van der Waals surface area contributed by atoms with Crippen LogP contribution in [0.3, 0.4) is 0 Å². The Morgan fingerprint density at radius 3 is 1.81 bits per heavy atom. The molecule has 2 heterocycles. The van der Waals surface area contributed by atoms with Crippen molar-refractivity contribution in [2.45, 2.75) is 55.1 Å². The van der Waals surface area contributed by atoms with E-state index in [0.717, 1.165) is 11.1 Å². The van der Waals surface area contributed by atoms with Gasteiger partial charge in [-0.1, -0.05) is 41.5 Å². The Morgan fingerprint density at radius 2 is 1.30 bits per heavy atom. The molecule has 8 nitrogen and oxygen atoms in total. The number of ether oxygens (including phenoxy) is 1. The summed E-state index contributed by atoms with van der Waals surface area (Å²) in [7, 11) is -8.18. The van der Waals surface area contributed by atoms with E-state index in [4.69, 9.17) is 4.74 Å². The second-order valence-corrected chi connectivity index (χ2v) is 13.6. The molecule has 192 valence electrons. The minimum Gasteiger partial charge on any atom is -0.354 e. The third kappa shape index (κ3) is 3.46. The first-order valence-electron chi connectivity index (χ1n) is 12.0. The van der Waals surface area contributed by atoms with E-state index in [9.17, 15) is 21.6 Å². The van der Waals surface area contributed by atoms with Crippen LogP contribution in [0.25, 0.3) is 0 Å². The molecule has 37 heavy (non-hydrogen) atoms. The van der Waals surface area contributed by atoms with Crippen LogP contribution in [0.15, 0.2) is 70.5 Å². The molecule has 3 aromatic carbocycles. The summed E-state index contributed by atoms with van der Waals surface area (Å²) < 4.78 is 64.7. The summed E-state index contributed by atoms with van der Waals surface area (Å²) in [4.78, 5) is 13.4. The van der Waals surface area contributed by atoms with Crippen LogP contribution >= 0.6 is 0 Å². The van der Waals surface area contributed by atoms with E-state index in [1.54, 1.807) is 30.3 Å². The van der Waals surface area contributed by atoms with E-state index in [1.807, 2.05) is 20.8 Å². The number of aryl methyl sites for hydroxylation is 2. The smallest absolute Gasteiger partial charge is 0.261 e. The zero-order valence-electron chi connectivity index (χ0n) is 20.5. The normalized spacial score (nSPS) is 23.2. The van der Waals surface area contributed by atoms with Gasteiger partial charge in [-0.15, -0.1) is 0 Å². The monoisotopic (exact) mass is 538 g/mol. The van der Waals surface area contributed by atoms with Crippen molar-refractivity contribution in [1.82, 2.24) is 0 Å². The first-order valence-corrected chi connectivity index (χ1v) is 14.9. The van der Waals surface area contributed by atoms with Gasteiger partial charge in [0, 0.05) is 5.56 Å². The van der Waals surface area contributed by atoms with Crippen molar-refractivity contribution in [3.8, 4) is 0 Å². The molecule has 0 unspecified atom stereocenters. The van der Waals surface area contributed by atoms with Crippen LogP contribution < -0.4 is 9.44 Å². The van der Waals surface area contributed by atoms with Gasteiger partial charge in [0.05, 0.1) is 26.6 Å². The third-order valence-electron chi connectivity index (χ3n) is 7.89. The Bertz CT molecular complexity index is 1680. The summed E-state index contributed by atoms with van der Waals surface area (Å²) in [6, 6.07) is 15.9. The number of hydrogen-bond acceptors (Lipinski definition) is 6. The quantitative estimate of drug-likeness (QED) is 0.475. The number of ketones is 1. The molecule has 2 N–H and O–H groups in total. The molecule has 0 aromatic heterocycles. The summed E-state index contributed by atoms with van der Waals surface area (Å²) in [6.07, 6.45) is 0.455. The minimum absolute atomic E-state index is 0.00587. The molecule has 1 saturated heterocycles. The Kier molecular flexibility index (Phi) is 5.00. The highest BCUT2D eigenvalue weighted by Crippen LogP contribution is 2.73. The van der Waals surface area contributed by atoms with Crippen molar-refractivity contribution in [3.05, 3.63) is 82.9 Å². The number of benzene rings is 3. The lowest BCUT2D eigenvalue weighted by atomic mass is 9.71. The molecule has 1 spiro atoms. The van der Waals surface area contributed by atoms with Gasteiger partial charge in [0.25, 0.3) is 20.0 Å². The van der Waals surface area contributed by atoms with Crippen molar-refractivity contribution in [2.24, 2.45) is 5.41 Å². The maximum atomic E-state index is 13.4. The van der Waals surface area contributed by atoms with Crippen LogP contribution in [0.2, 0.25) is 0 Å². The zero-order valence-corrected chi connectivity index (χ0v) is 22.2. The highest BCUT2D eigenvalue weighted by Gasteiger charge is 2.74. The van der Waals surface area contributed by atoms with Gasteiger partial charge in [-0.25, -0.2) is 16.8 Å². The number of hydrogen-bond donors (Lipinski definition) is 2. The van der Waals surface area contributed by atoms with Crippen molar-refractivity contribution < 1.29 is 26.4 Å². The number of Topliss-reactive ketones (excluding diaryl/α,β-unsaturated/α-hetero) is 1. The van der Waals surface area contributed by atoms with Crippen LogP contribution in [-0.2, 0) is 35.2 Å². The van der Waals surface area contributed by atoms with Gasteiger partial charge < -0.3 is 4.74 Å². The fraction of sp³-hybridized carbons (Fsp3) is 0.296. The molecule has 0 radical (unpaired) electrons. The molecule has 10 heteroatoms. The second kappa shape index (κ2) is 7.66. The number of anilines is 2. The standard InChI is InChI=1S/C27H26N2O6S2/c1-16-4-8-18(9-5-16)36(31,32)28-21-13-12-20-22(24-25(30)27(14-15-27)26(20,3)35-24)23(21)29-37(33,34)19-10-6-17(2)7-11-19/h4-13,24,28-29H,14-15H2,1-3H3/t24-,26+/m0/s1. The number of sulfonamides is 2. The molecule has 1 aliphatic carbocycles. The molecule has 6 rings (SSSR count). The summed E-state index contributed by atoms with van der Waals surface area (Å²) >= 11 is 0. The number of nitrogens with one attached hydrogen (secondary N) is 2. The fourth-order valence-corrected chi connectivity index (χ4v) is 7.76. The molecule has 2 bridgehead atoms. The van der Waals surface area contributed by atoms with Crippen molar-refractivity contribution in [1.29, 1.82) is 0 Å². The number of rotatable bonds is 6. The van der Waals surface area contributed by atoms with Gasteiger partial charge in [0.1, 0.15) is 11.7 Å². The van der Waals surface area contributed by atoms with Gasteiger partial charge in [-0.3, -0.25) is 14.2 Å². The Labute approximate surface area is 216 Å². The summed E-state index contributed by atoms with van der Waals surface area (Å²) in [5.74, 6) is -0.0863.